The number of hydrogen-bond donors (Lipinski definition) is 1. The summed E-state index contributed by atoms with van der Waals surface area (Å²) in [6, 6.07) is 2.65. The van der Waals surface area contributed by atoms with E-state index in [1.807, 2.05) is 12.3 Å². The lowest BCUT2D eigenvalue weighted by atomic mass is 10.3. The van der Waals surface area contributed by atoms with Gasteiger partial charge in [0.1, 0.15) is 5.69 Å². The molecule has 0 spiro atoms. The molecule has 1 saturated heterocycles. The zero-order chi connectivity index (χ0) is 14.1. The second-order valence-electron chi connectivity index (χ2n) is 6.06. The van der Waals surface area contributed by atoms with E-state index in [0.29, 0.717) is 6.04 Å². The van der Waals surface area contributed by atoms with Gasteiger partial charge in [-0.2, -0.15) is 0 Å². The van der Waals surface area contributed by atoms with Gasteiger partial charge in [-0.15, -0.1) is 0 Å². The molecule has 20 heavy (non-hydrogen) atoms. The molecule has 110 valence electrons. The molecular weight excluding hydrogens is 318 g/mol. The van der Waals surface area contributed by atoms with Crippen LogP contribution in [0.1, 0.15) is 49.1 Å². The monoisotopic (exact) mass is 339 g/mol. The first-order valence-electron chi connectivity index (χ1n) is 7.54. The van der Waals surface area contributed by atoms with Crippen molar-refractivity contribution in [3.05, 3.63) is 22.4 Å². The maximum atomic E-state index is 12.4. The molecule has 3 rings (SSSR count). The number of amides is 1. The van der Waals surface area contributed by atoms with Gasteiger partial charge in [0, 0.05) is 29.3 Å². The molecule has 1 N–H and O–H groups in total. The van der Waals surface area contributed by atoms with E-state index in [-0.39, 0.29) is 11.9 Å². The van der Waals surface area contributed by atoms with Gasteiger partial charge >= 0.3 is 0 Å². The fourth-order valence-corrected chi connectivity index (χ4v) is 3.42. The van der Waals surface area contributed by atoms with Gasteiger partial charge in [0.15, 0.2) is 0 Å². The van der Waals surface area contributed by atoms with Crippen LogP contribution in [0.4, 0.5) is 0 Å². The number of nitrogens with one attached hydrogen (secondary N) is 1. The fraction of sp³-hybridized carbons (Fsp3) is 0.667. The Morgan fingerprint density at radius 3 is 2.80 bits per heavy atom. The topological polar surface area (TPSA) is 37.3 Å². The Morgan fingerprint density at radius 2 is 2.15 bits per heavy atom. The summed E-state index contributed by atoms with van der Waals surface area (Å²) in [5, 5.41) is 3.14. The Balaban J connectivity index is 1.60. The summed E-state index contributed by atoms with van der Waals surface area (Å²) in [6.07, 6.45) is 6.98. The van der Waals surface area contributed by atoms with Crippen LogP contribution in [0.5, 0.6) is 0 Å². The van der Waals surface area contributed by atoms with Crippen LogP contribution in [-0.4, -0.2) is 41.1 Å². The second kappa shape index (κ2) is 5.90. The van der Waals surface area contributed by atoms with E-state index < -0.39 is 0 Å². The highest BCUT2D eigenvalue weighted by Gasteiger charge is 2.28. The van der Waals surface area contributed by atoms with Crippen molar-refractivity contribution in [3.63, 3.8) is 0 Å². The Kier molecular flexibility index (Phi) is 4.17. The lowest BCUT2D eigenvalue weighted by Crippen LogP contribution is -2.41. The molecule has 0 radical (unpaired) electrons. The zero-order valence-corrected chi connectivity index (χ0v) is 13.5. The number of nitrogens with zero attached hydrogens (tertiary/aromatic N) is 2. The van der Waals surface area contributed by atoms with Gasteiger partial charge in [-0.25, -0.2) is 0 Å². The van der Waals surface area contributed by atoms with Crippen molar-refractivity contribution in [2.45, 2.75) is 44.7 Å². The molecule has 0 aromatic carbocycles. The minimum atomic E-state index is 0.0503. The number of carbonyl (C=O) groups excluding carboxylic acids is 1. The quantitative estimate of drug-likeness (QED) is 0.895. The standard InChI is InChI=1S/C15H22BrN3O/c1-11(9-18-6-2-3-7-18)17-15(20)14-8-12(16)10-19(14)13-4-5-13/h8,10-11,13H,2-7,9H2,1H3,(H,17,20). The van der Waals surface area contributed by atoms with Gasteiger partial charge in [-0.1, -0.05) is 0 Å². The van der Waals surface area contributed by atoms with E-state index in [1.165, 1.54) is 38.8 Å². The van der Waals surface area contributed by atoms with Crippen LogP contribution in [-0.2, 0) is 0 Å². The molecule has 0 bridgehead atoms. The van der Waals surface area contributed by atoms with Crippen LogP contribution in [0.25, 0.3) is 0 Å². The van der Waals surface area contributed by atoms with Crippen molar-refractivity contribution in [2.75, 3.05) is 19.6 Å². The minimum absolute atomic E-state index is 0.0503. The van der Waals surface area contributed by atoms with Crippen LogP contribution < -0.4 is 5.32 Å². The predicted molar refractivity (Wildman–Crippen MR) is 83.0 cm³/mol. The van der Waals surface area contributed by atoms with E-state index in [4.69, 9.17) is 0 Å². The van der Waals surface area contributed by atoms with Gasteiger partial charge in [0.05, 0.1) is 0 Å². The third-order valence-electron chi connectivity index (χ3n) is 4.10. The fourth-order valence-electron chi connectivity index (χ4n) is 2.98. The number of halogens is 1. The predicted octanol–water partition coefficient (Wildman–Crippen LogP) is 2.80. The van der Waals surface area contributed by atoms with Gasteiger partial charge in [0.25, 0.3) is 5.91 Å². The van der Waals surface area contributed by atoms with Crippen LogP contribution in [0.3, 0.4) is 0 Å². The molecular formula is C15H22BrN3O. The van der Waals surface area contributed by atoms with E-state index in [0.717, 1.165) is 16.7 Å². The van der Waals surface area contributed by atoms with Gasteiger partial charge in [-0.3, -0.25) is 4.79 Å². The van der Waals surface area contributed by atoms with E-state index >= 15 is 0 Å². The summed E-state index contributed by atoms with van der Waals surface area (Å²) in [5.74, 6) is 0.0503. The number of aromatic nitrogens is 1. The maximum Gasteiger partial charge on any atom is 0.268 e. The van der Waals surface area contributed by atoms with Crippen LogP contribution in [0.2, 0.25) is 0 Å². The lowest BCUT2D eigenvalue weighted by molar-refractivity contribution is 0.0922. The molecule has 1 atom stereocenters. The lowest BCUT2D eigenvalue weighted by Gasteiger charge is -2.21. The van der Waals surface area contributed by atoms with Crippen molar-refractivity contribution < 1.29 is 4.79 Å². The Hall–Kier alpha value is -0.810. The van der Waals surface area contributed by atoms with Crippen molar-refractivity contribution in [2.24, 2.45) is 0 Å². The van der Waals surface area contributed by atoms with Gasteiger partial charge < -0.3 is 14.8 Å². The van der Waals surface area contributed by atoms with Crippen molar-refractivity contribution in [1.82, 2.24) is 14.8 Å². The second-order valence-corrected chi connectivity index (χ2v) is 6.98. The van der Waals surface area contributed by atoms with E-state index in [2.05, 4.69) is 37.6 Å². The molecule has 1 aromatic rings. The van der Waals surface area contributed by atoms with Crippen LogP contribution in [0, 0.1) is 0 Å². The third kappa shape index (κ3) is 3.26. The average Bonchev–Trinajstić information content (AvgIpc) is 2.98. The molecule has 2 heterocycles. The molecule has 2 fully saturated rings. The number of likely N-dealkylation sites (tertiary alicyclic amines) is 1. The van der Waals surface area contributed by atoms with E-state index in [1.54, 1.807) is 0 Å². The van der Waals surface area contributed by atoms with Crippen molar-refractivity contribution >= 4 is 21.8 Å². The number of rotatable bonds is 5. The first-order valence-corrected chi connectivity index (χ1v) is 8.33. The molecule has 4 nitrogen and oxygen atoms in total. The highest BCUT2D eigenvalue weighted by atomic mass is 79.9. The molecule has 1 saturated carbocycles. The molecule has 5 heteroatoms. The minimum Gasteiger partial charge on any atom is -0.347 e. The van der Waals surface area contributed by atoms with E-state index in [9.17, 15) is 4.79 Å². The highest BCUT2D eigenvalue weighted by Crippen LogP contribution is 2.37. The number of hydrogen-bond acceptors (Lipinski definition) is 2. The number of carbonyl (C=O) groups is 1. The Bertz CT molecular complexity index is 489. The van der Waals surface area contributed by atoms with Crippen molar-refractivity contribution in [3.8, 4) is 0 Å². The summed E-state index contributed by atoms with van der Waals surface area (Å²) in [6.45, 7) is 5.39. The summed E-state index contributed by atoms with van der Waals surface area (Å²) in [4.78, 5) is 14.9. The first-order chi connectivity index (χ1) is 9.63. The van der Waals surface area contributed by atoms with Crippen LogP contribution >= 0.6 is 15.9 Å². The van der Waals surface area contributed by atoms with Crippen molar-refractivity contribution in [1.29, 1.82) is 0 Å². The average molecular weight is 340 g/mol. The summed E-state index contributed by atoms with van der Waals surface area (Å²) in [7, 11) is 0. The zero-order valence-electron chi connectivity index (χ0n) is 11.9. The smallest absolute Gasteiger partial charge is 0.268 e. The summed E-state index contributed by atoms with van der Waals surface area (Å²) < 4.78 is 3.10. The van der Waals surface area contributed by atoms with Crippen LogP contribution in [0.15, 0.2) is 16.7 Å². The van der Waals surface area contributed by atoms with Gasteiger partial charge in [0.2, 0.25) is 0 Å². The Labute approximate surface area is 128 Å². The third-order valence-corrected chi connectivity index (χ3v) is 4.53. The van der Waals surface area contributed by atoms with Gasteiger partial charge in [-0.05, 0) is 67.7 Å². The maximum absolute atomic E-state index is 12.4. The molecule has 1 unspecified atom stereocenters. The summed E-state index contributed by atoms with van der Waals surface area (Å²) in [5.41, 5.74) is 0.785. The molecule has 1 amide bonds. The molecule has 1 aromatic heterocycles. The first kappa shape index (κ1) is 14.1. The molecule has 1 aliphatic heterocycles. The molecule has 1 aliphatic carbocycles. The highest BCUT2D eigenvalue weighted by molar-refractivity contribution is 9.10. The molecule has 2 aliphatic rings. The largest absolute Gasteiger partial charge is 0.347 e. The Morgan fingerprint density at radius 1 is 1.45 bits per heavy atom. The summed E-state index contributed by atoms with van der Waals surface area (Å²) >= 11 is 3.48. The SMILES string of the molecule is CC(CN1CCCC1)NC(=O)c1cc(Br)cn1C1CC1. The normalized spacial score (nSPS) is 21.1.